The molecule has 3 heterocycles. The highest BCUT2D eigenvalue weighted by molar-refractivity contribution is 7.10. The van der Waals surface area contributed by atoms with Crippen LogP contribution in [0.1, 0.15) is 47.3 Å². The minimum atomic E-state index is -0.374. The van der Waals surface area contributed by atoms with Gasteiger partial charge in [0.15, 0.2) is 5.76 Å². The molecule has 2 aromatic heterocycles. The van der Waals surface area contributed by atoms with Crippen molar-refractivity contribution in [3.63, 3.8) is 0 Å². The number of hydrogen-bond acceptors (Lipinski definition) is 5. The summed E-state index contributed by atoms with van der Waals surface area (Å²) in [5, 5.41) is 2.01. The number of halogens is 1. The van der Waals surface area contributed by atoms with Gasteiger partial charge in [-0.1, -0.05) is 13.0 Å². The molecule has 8 heteroatoms. The Kier molecular flexibility index (Phi) is 7.13. The molecule has 174 valence electrons. The van der Waals surface area contributed by atoms with Gasteiger partial charge in [0.2, 0.25) is 5.91 Å². The van der Waals surface area contributed by atoms with E-state index >= 15 is 0 Å². The first-order valence-corrected chi connectivity index (χ1v) is 11.9. The van der Waals surface area contributed by atoms with Crippen LogP contribution in [0.25, 0.3) is 0 Å². The van der Waals surface area contributed by atoms with Crippen LogP contribution in [0.3, 0.4) is 0 Å². The van der Waals surface area contributed by atoms with Crippen LogP contribution < -0.4 is 4.74 Å². The van der Waals surface area contributed by atoms with E-state index in [1.165, 1.54) is 23.3 Å². The van der Waals surface area contributed by atoms with Crippen molar-refractivity contribution in [2.45, 2.75) is 38.8 Å². The van der Waals surface area contributed by atoms with Gasteiger partial charge in [0.05, 0.1) is 12.3 Å². The number of amides is 2. The quantitative estimate of drug-likeness (QED) is 0.469. The molecular weight excluding hydrogens is 443 g/mol. The SMILES string of the molecule is CC[C@@H](C)N(CC(=O)N1CCc2sccc2[C@H]1COc1cccc(F)c1)C(=O)c1ccco1. The number of fused-ring (bicyclic) bond motifs is 1. The van der Waals surface area contributed by atoms with Crippen molar-refractivity contribution in [1.29, 1.82) is 0 Å². The molecule has 33 heavy (non-hydrogen) atoms. The fourth-order valence-electron chi connectivity index (χ4n) is 4.03. The topological polar surface area (TPSA) is 63.0 Å². The minimum absolute atomic E-state index is 0.0511. The molecule has 4 rings (SSSR count). The Bertz CT molecular complexity index is 1100. The summed E-state index contributed by atoms with van der Waals surface area (Å²) >= 11 is 1.66. The predicted molar refractivity (Wildman–Crippen MR) is 124 cm³/mol. The Morgan fingerprint density at radius 1 is 1.30 bits per heavy atom. The van der Waals surface area contributed by atoms with E-state index in [9.17, 15) is 14.0 Å². The van der Waals surface area contributed by atoms with Crippen LogP contribution in [0.4, 0.5) is 4.39 Å². The average Bonchev–Trinajstić information content (AvgIpc) is 3.52. The van der Waals surface area contributed by atoms with Gasteiger partial charge >= 0.3 is 0 Å². The lowest BCUT2D eigenvalue weighted by Crippen LogP contribution is -2.49. The third-order valence-electron chi connectivity index (χ3n) is 6.04. The van der Waals surface area contributed by atoms with Gasteiger partial charge in [0.25, 0.3) is 5.91 Å². The van der Waals surface area contributed by atoms with E-state index < -0.39 is 0 Å². The number of ether oxygens (including phenoxy) is 1. The molecule has 0 fully saturated rings. The second-order valence-corrected chi connectivity index (χ2v) is 9.09. The standard InChI is InChI=1S/C25H27FN2O4S/c1-3-17(2)28(25(30)22-8-5-12-31-22)15-24(29)27-11-9-23-20(10-13-33-23)21(27)16-32-19-7-4-6-18(26)14-19/h4-8,10,12-14,17,21H,3,9,11,15-16H2,1-2H3/t17-,21-/m1/s1. The van der Waals surface area contributed by atoms with E-state index in [-0.39, 0.29) is 48.6 Å². The Morgan fingerprint density at radius 3 is 2.88 bits per heavy atom. The number of furan rings is 1. The molecule has 3 aromatic rings. The van der Waals surface area contributed by atoms with Crippen molar-refractivity contribution in [2.75, 3.05) is 19.7 Å². The Balaban J connectivity index is 1.54. The third kappa shape index (κ3) is 5.11. The zero-order valence-electron chi connectivity index (χ0n) is 18.7. The highest BCUT2D eigenvalue weighted by Gasteiger charge is 2.34. The molecule has 0 bridgehead atoms. The number of carbonyl (C=O) groups excluding carboxylic acids is 2. The van der Waals surface area contributed by atoms with Crippen molar-refractivity contribution in [3.05, 3.63) is 76.1 Å². The van der Waals surface area contributed by atoms with Gasteiger partial charge in [-0.05, 0) is 61.0 Å². The maximum Gasteiger partial charge on any atom is 0.290 e. The van der Waals surface area contributed by atoms with Crippen LogP contribution >= 0.6 is 11.3 Å². The normalized spacial score (nSPS) is 16.2. The van der Waals surface area contributed by atoms with E-state index in [0.29, 0.717) is 18.7 Å². The Morgan fingerprint density at radius 2 is 2.15 bits per heavy atom. The summed E-state index contributed by atoms with van der Waals surface area (Å²) in [6.45, 7) is 4.59. The predicted octanol–water partition coefficient (Wildman–Crippen LogP) is 4.93. The summed E-state index contributed by atoms with van der Waals surface area (Å²) in [6, 6.07) is 10.8. The summed E-state index contributed by atoms with van der Waals surface area (Å²) in [5.74, 6) is -0.198. The van der Waals surface area contributed by atoms with E-state index in [1.807, 2.05) is 25.3 Å². The van der Waals surface area contributed by atoms with Crippen molar-refractivity contribution < 1.29 is 23.1 Å². The van der Waals surface area contributed by atoms with Crippen LogP contribution in [0, 0.1) is 5.82 Å². The van der Waals surface area contributed by atoms with Gasteiger partial charge in [0.1, 0.15) is 24.7 Å². The van der Waals surface area contributed by atoms with E-state index in [0.717, 1.165) is 12.0 Å². The second-order valence-electron chi connectivity index (χ2n) is 8.09. The molecular formula is C25H27FN2O4S. The molecule has 0 spiro atoms. The summed E-state index contributed by atoms with van der Waals surface area (Å²) in [7, 11) is 0. The summed E-state index contributed by atoms with van der Waals surface area (Å²) in [6.07, 6.45) is 2.91. The number of carbonyl (C=O) groups is 2. The number of thiophene rings is 1. The van der Waals surface area contributed by atoms with Gasteiger partial charge < -0.3 is 19.0 Å². The first-order chi connectivity index (χ1) is 16.0. The van der Waals surface area contributed by atoms with E-state index in [4.69, 9.17) is 9.15 Å². The lowest BCUT2D eigenvalue weighted by atomic mass is 10.00. The lowest BCUT2D eigenvalue weighted by molar-refractivity contribution is -0.136. The zero-order valence-corrected chi connectivity index (χ0v) is 19.5. The molecule has 0 saturated heterocycles. The molecule has 1 aromatic carbocycles. The molecule has 1 aliphatic heterocycles. The summed E-state index contributed by atoms with van der Waals surface area (Å²) < 4.78 is 24.8. The van der Waals surface area contributed by atoms with Crippen LogP contribution in [0.15, 0.2) is 58.5 Å². The molecule has 2 atom stereocenters. The number of nitrogens with zero attached hydrogens (tertiary/aromatic N) is 2. The van der Waals surface area contributed by atoms with Gasteiger partial charge in [-0.15, -0.1) is 11.3 Å². The highest BCUT2D eigenvalue weighted by atomic mass is 32.1. The first kappa shape index (κ1) is 23.0. The summed E-state index contributed by atoms with van der Waals surface area (Å²) in [4.78, 5) is 31.1. The molecule has 2 amide bonds. The number of benzene rings is 1. The molecule has 0 unspecified atom stereocenters. The van der Waals surface area contributed by atoms with Gasteiger partial charge in [0, 0.05) is 23.5 Å². The van der Waals surface area contributed by atoms with Crippen LogP contribution in [0.2, 0.25) is 0 Å². The van der Waals surface area contributed by atoms with Crippen molar-refractivity contribution in [2.24, 2.45) is 0 Å². The molecule has 6 nitrogen and oxygen atoms in total. The van der Waals surface area contributed by atoms with Crippen LogP contribution in [-0.4, -0.2) is 47.4 Å². The molecule has 0 saturated carbocycles. The first-order valence-electron chi connectivity index (χ1n) is 11.1. The Hall–Kier alpha value is -3.13. The smallest absolute Gasteiger partial charge is 0.290 e. The van der Waals surface area contributed by atoms with Gasteiger partial charge in [-0.25, -0.2) is 4.39 Å². The fraction of sp³-hybridized carbons (Fsp3) is 0.360. The zero-order chi connectivity index (χ0) is 23.4. The number of rotatable bonds is 8. The van der Waals surface area contributed by atoms with Crippen LogP contribution in [0.5, 0.6) is 5.75 Å². The van der Waals surface area contributed by atoms with Crippen molar-refractivity contribution >= 4 is 23.2 Å². The summed E-state index contributed by atoms with van der Waals surface area (Å²) in [5.41, 5.74) is 1.04. The molecule has 0 aliphatic carbocycles. The second kappa shape index (κ2) is 10.2. The Labute approximate surface area is 196 Å². The average molecular weight is 471 g/mol. The molecule has 0 radical (unpaired) electrons. The largest absolute Gasteiger partial charge is 0.491 e. The maximum absolute atomic E-state index is 13.6. The van der Waals surface area contributed by atoms with E-state index in [2.05, 4.69) is 0 Å². The number of hydrogen-bond donors (Lipinski definition) is 0. The van der Waals surface area contributed by atoms with Crippen molar-refractivity contribution in [1.82, 2.24) is 9.80 Å². The fourth-order valence-corrected chi connectivity index (χ4v) is 4.96. The van der Waals surface area contributed by atoms with Crippen molar-refractivity contribution in [3.8, 4) is 5.75 Å². The maximum atomic E-state index is 13.6. The van der Waals surface area contributed by atoms with Gasteiger partial charge in [-0.2, -0.15) is 0 Å². The highest BCUT2D eigenvalue weighted by Crippen LogP contribution is 2.34. The molecule has 0 N–H and O–H groups in total. The minimum Gasteiger partial charge on any atom is -0.491 e. The van der Waals surface area contributed by atoms with E-state index in [1.54, 1.807) is 45.4 Å². The lowest BCUT2D eigenvalue weighted by Gasteiger charge is -2.38. The van der Waals surface area contributed by atoms with Gasteiger partial charge in [-0.3, -0.25) is 9.59 Å². The monoisotopic (exact) mass is 470 g/mol. The van der Waals surface area contributed by atoms with Crippen LogP contribution in [-0.2, 0) is 11.2 Å². The third-order valence-corrected chi connectivity index (χ3v) is 7.04. The molecule has 1 aliphatic rings.